The van der Waals surface area contributed by atoms with Crippen LogP contribution >= 0.6 is 0 Å². The fourth-order valence-corrected chi connectivity index (χ4v) is 4.14. The molecule has 158 valence electrons. The average Bonchev–Trinajstić information content (AvgIpc) is 2.77. The molecule has 1 N–H and O–H groups in total. The second kappa shape index (κ2) is 10.4. The molecule has 7 heteroatoms. The number of hydrogen-bond acceptors (Lipinski definition) is 3. The van der Waals surface area contributed by atoms with Crippen LogP contribution < -0.4 is 5.32 Å². The highest BCUT2D eigenvalue weighted by Gasteiger charge is 2.25. The smallest absolute Gasteiger partial charge is 0.251 e. The highest BCUT2D eigenvalue weighted by atomic mass is 19.1. The molecule has 1 heterocycles. The Bertz CT molecular complexity index is 709. The Hall–Kier alpha value is -2.44. The van der Waals surface area contributed by atoms with Gasteiger partial charge in [-0.05, 0) is 36.6 Å². The van der Waals surface area contributed by atoms with Gasteiger partial charge in [0.25, 0.3) is 5.91 Å². The summed E-state index contributed by atoms with van der Waals surface area (Å²) in [4.78, 5) is 40.4. The molecule has 1 aromatic rings. The summed E-state index contributed by atoms with van der Waals surface area (Å²) < 4.78 is 12.9. The summed E-state index contributed by atoms with van der Waals surface area (Å²) >= 11 is 0. The highest BCUT2D eigenvalue weighted by Crippen LogP contribution is 2.27. The van der Waals surface area contributed by atoms with E-state index in [1.54, 1.807) is 4.90 Å². The summed E-state index contributed by atoms with van der Waals surface area (Å²) in [6, 6.07) is 5.18. The number of nitrogens with one attached hydrogen (secondary N) is 1. The van der Waals surface area contributed by atoms with E-state index < -0.39 is 11.7 Å². The number of amides is 3. The number of benzene rings is 1. The average molecular weight is 403 g/mol. The van der Waals surface area contributed by atoms with Gasteiger partial charge in [0.15, 0.2) is 0 Å². The zero-order chi connectivity index (χ0) is 20.6. The van der Waals surface area contributed by atoms with Crippen LogP contribution in [-0.4, -0.2) is 60.2 Å². The van der Waals surface area contributed by atoms with Crippen molar-refractivity contribution in [3.05, 3.63) is 35.6 Å². The van der Waals surface area contributed by atoms with Crippen molar-refractivity contribution >= 4 is 17.7 Å². The van der Waals surface area contributed by atoms with Crippen molar-refractivity contribution in [2.24, 2.45) is 5.92 Å². The molecule has 3 amide bonds. The number of carbonyl (C=O) groups excluding carboxylic acids is 3. The minimum Gasteiger partial charge on any atom is -0.343 e. The summed E-state index contributed by atoms with van der Waals surface area (Å²) in [5.74, 6) is -0.110. The van der Waals surface area contributed by atoms with Gasteiger partial charge < -0.3 is 15.1 Å². The monoisotopic (exact) mass is 403 g/mol. The third-order valence-corrected chi connectivity index (χ3v) is 5.98. The molecule has 3 rings (SSSR count). The molecule has 0 atom stereocenters. The lowest BCUT2D eigenvalue weighted by Crippen LogP contribution is -2.52. The summed E-state index contributed by atoms with van der Waals surface area (Å²) in [7, 11) is 0. The van der Waals surface area contributed by atoms with Crippen LogP contribution in [0.2, 0.25) is 0 Å². The van der Waals surface area contributed by atoms with Crippen LogP contribution in [0.1, 0.15) is 55.3 Å². The van der Waals surface area contributed by atoms with Crippen molar-refractivity contribution in [3.63, 3.8) is 0 Å². The number of piperazine rings is 1. The first-order chi connectivity index (χ1) is 14.0. The third kappa shape index (κ3) is 6.27. The predicted molar refractivity (Wildman–Crippen MR) is 108 cm³/mol. The van der Waals surface area contributed by atoms with E-state index >= 15 is 0 Å². The van der Waals surface area contributed by atoms with Crippen molar-refractivity contribution in [2.75, 3.05) is 32.7 Å². The molecule has 0 spiro atoms. The van der Waals surface area contributed by atoms with Crippen LogP contribution in [0, 0.1) is 11.7 Å². The third-order valence-electron chi connectivity index (χ3n) is 5.98. The molecule has 1 aliphatic heterocycles. The molecular formula is C22H30FN3O3. The lowest BCUT2D eigenvalue weighted by atomic mass is 9.86. The lowest BCUT2D eigenvalue weighted by molar-refractivity contribution is -0.139. The van der Waals surface area contributed by atoms with Crippen LogP contribution in [0.3, 0.4) is 0 Å². The van der Waals surface area contributed by atoms with Gasteiger partial charge in [-0.1, -0.05) is 32.1 Å². The van der Waals surface area contributed by atoms with E-state index in [2.05, 4.69) is 5.32 Å². The molecule has 1 saturated carbocycles. The highest BCUT2D eigenvalue weighted by molar-refractivity contribution is 5.96. The Labute approximate surface area is 171 Å². The zero-order valence-electron chi connectivity index (χ0n) is 16.9. The summed E-state index contributed by atoms with van der Waals surface area (Å²) in [5, 5.41) is 2.57. The first-order valence-electron chi connectivity index (χ1n) is 10.6. The van der Waals surface area contributed by atoms with Gasteiger partial charge in [-0.2, -0.15) is 0 Å². The molecular weight excluding hydrogens is 373 g/mol. The van der Waals surface area contributed by atoms with Crippen molar-refractivity contribution in [1.29, 1.82) is 0 Å². The number of halogens is 1. The molecule has 1 aliphatic carbocycles. The first-order valence-corrected chi connectivity index (χ1v) is 10.6. The minimum absolute atomic E-state index is 0.105. The first kappa shape index (κ1) is 21.3. The van der Waals surface area contributed by atoms with E-state index in [0.717, 1.165) is 6.42 Å². The van der Waals surface area contributed by atoms with Crippen LogP contribution in [-0.2, 0) is 9.59 Å². The molecule has 1 saturated heterocycles. The summed E-state index contributed by atoms with van der Waals surface area (Å²) in [6.45, 7) is 1.95. The van der Waals surface area contributed by atoms with Gasteiger partial charge in [-0.15, -0.1) is 0 Å². The number of hydrogen-bond donors (Lipinski definition) is 1. The van der Waals surface area contributed by atoms with Crippen molar-refractivity contribution in [1.82, 2.24) is 15.1 Å². The van der Waals surface area contributed by atoms with E-state index in [1.807, 2.05) is 4.90 Å². The fourth-order valence-electron chi connectivity index (χ4n) is 4.14. The quantitative estimate of drug-likeness (QED) is 0.794. The molecule has 29 heavy (non-hydrogen) atoms. The molecule has 0 aromatic heterocycles. The van der Waals surface area contributed by atoms with E-state index in [4.69, 9.17) is 0 Å². The molecule has 0 bridgehead atoms. The lowest BCUT2D eigenvalue weighted by Gasteiger charge is -2.35. The molecule has 6 nitrogen and oxygen atoms in total. The molecule has 0 radical (unpaired) electrons. The maximum absolute atomic E-state index is 12.9. The largest absolute Gasteiger partial charge is 0.343 e. The Morgan fingerprint density at radius 3 is 2.10 bits per heavy atom. The normalized spacial score (nSPS) is 17.8. The summed E-state index contributed by atoms with van der Waals surface area (Å²) in [6.07, 6.45) is 7.98. The minimum atomic E-state index is -0.413. The van der Waals surface area contributed by atoms with Gasteiger partial charge in [-0.3, -0.25) is 14.4 Å². The van der Waals surface area contributed by atoms with Gasteiger partial charge in [0, 0.05) is 38.2 Å². The second-order valence-electron chi connectivity index (χ2n) is 7.99. The van der Waals surface area contributed by atoms with Crippen molar-refractivity contribution in [3.8, 4) is 0 Å². The Balaban J connectivity index is 1.35. The van der Waals surface area contributed by atoms with Gasteiger partial charge >= 0.3 is 0 Å². The standard InChI is InChI=1S/C22H30FN3O3/c23-19-9-7-18(8-10-19)22(29)24-16-21(28)26-14-12-25(13-15-26)20(27)11-6-17-4-2-1-3-5-17/h7-10,17H,1-6,11-16H2,(H,24,29). The van der Waals surface area contributed by atoms with Gasteiger partial charge in [-0.25, -0.2) is 4.39 Å². The topological polar surface area (TPSA) is 69.7 Å². The number of rotatable bonds is 6. The van der Waals surface area contributed by atoms with Crippen LogP contribution in [0.15, 0.2) is 24.3 Å². The fraction of sp³-hybridized carbons (Fsp3) is 0.591. The van der Waals surface area contributed by atoms with Crippen molar-refractivity contribution in [2.45, 2.75) is 44.9 Å². The number of carbonyl (C=O) groups is 3. The maximum Gasteiger partial charge on any atom is 0.251 e. The zero-order valence-corrected chi connectivity index (χ0v) is 16.9. The van der Waals surface area contributed by atoms with Crippen LogP contribution in [0.5, 0.6) is 0 Å². The van der Waals surface area contributed by atoms with Gasteiger partial charge in [0.1, 0.15) is 5.82 Å². The van der Waals surface area contributed by atoms with E-state index in [-0.39, 0.29) is 18.4 Å². The molecule has 1 aromatic carbocycles. The second-order valence-corrected chi connectivity index (χ2v) is 7.99. The molecule has 2 aliphatic rings. The van der Waals surface area contributed by atoms with Crippen LogP contribution in [0.4, 0.5) is 4.39 Å². The molecule has 2 fully saturated rings. The van der Waals surface area contributed by atoms with Gasteiger partial charge in [0.05, 0.1) is 6.54 Å². The van der Waals surface area contributed by atoms with E-state index in [0.29, 0.717) is 44.1 Å². The SMILES string of the molecule is O=C(NCC(=O)N1CCN(C(=O)CCC2CCCCC2)CC1)c1ccc(F)cc1. The van der Waals surface area contributed by atoms with Gasteiger partial charge in [0.2, 0.25) is 11.8 Å². The maximum atomic E-state index is 12.9. The Kier molecular flexibility index (Phi) is 7.61. The Morgan fingerprint density at radius 2 is 1.48 bits per heavy atom. The van der Waals surface area contributed by atoms with Crippen LogP contribution in [0.25, 0.3) is 0 Å². The van der Waals surface area contributed by atoms with Crippen molar-refractivity contribution < 1.29 is 18.8 Å². The van der Waals surface area contributed by atoms with E-state index in [1.165, 1.54) is 56.4 Å². The number of nitrogens with zero attached hydrogens (tertiary/aromatic N) is 2. The predicted octanol–water partition coefficient (Wildman–Crippen LogP) is 2.59. The molecule has 0 unspecified atom stereocenters. The summed E-state index contributed by atoms with van der Waals surface area (Å²) in [5.41, 5.74) is 0.313. The Morgan fingerprint density at radius 1 is 0.897 bits per heavy atom. The van der Waals surface area contributed by atoms with E-state index in [9.17, 15) is 18.8 Å².